The first-order valence-corrected chi connectivity index (χ1v) is 15.0. The smallest absolute Gasteiger partial charge is 0.294 e. The predicted octanol–water partition coefficient (Wildman–Crippen LogP) is 5.60. The maximum Gasteiger partial charge on any atom is 0.294 e. The van der Waals surface area contributed by atoms with Crippen LogP contribution in [-0.2, 0) is 0 Å². The molecule has 0 atom stereocenters. The first-order chi connectivity index (χ1) is 17.7. The van der Waals surface area contributed by atoms with Crippen molar-refractivity contribution in [2.45, 2.75) is 31.7 Å². The zero-order valence-corrected chi connectivity index (χ0v) is 22.6. The van der Waals surface area contributed by atoms with Gasteiger partial charge in [0.1, 0.15) is 10.7 Å². The number of nitro benzene ring substituents is 1. The zero-order valence-electron chi connectivity index (χ0n) is 20.9. The Balaban J connectivity index is 1.34. The van der Waals surface area contributed by atoms with Gasteiger partial charge in [-0.05, 0) is 67.9 Å². The number of hydrogen-bond donors (Lipinski definition) is 3. The first-order valence-electron chi connectivity index (χ1n) is 12.3. The number of nitrogens with two attached hydrogens (primary N) is 1. The number of para-hydroxylation sites is 1. The molecule has 9 nitrogen and oxygen atoms in total. The van der Waals surface area contributed by atoms with Crippen molar-refractivity contribution in [1.29, 1.82) is 0 Å². The Hall–Kier alpha value is -3.00. The van der Waals surface area contributed by atoms with E-state index in [-0.39, 0.29) is 18.5 Å². The predicted molar refractivity (Wildman–Crippen MR) is 153 cm³/mol. The summed E-state index contributed by atoms with van der Waals surface area (Å²) >= 11 is 6.39. The Morgan fingerprint density at radius 1 is 1.16 bits per heavy atom. The second-order valence-corrected chi connectivity index (χ2v) is 12.8. The van der Waals surface area contributed by atoms with Crippen molar-refractivity contribution in [2.75, 3.05) is 42.0 Å². The van der Waals surface area contributed by atoms with Crippen LogP contribution in [0.25, 0.3) is 0 Å². The van der Waals surface area contributed by atoms with Gasteiger partial charge in [0.15, 0.2) is 5.82 Å². The normalized spacial score (nSPS) is 17.1. The Bertz CT molecular complexity index is 1310. The van der Waals surface area contributed by atoms with Crippen molar-refractivity contribution >= 4 is 59.3 Å². The van der Waals surface area contributed by atoms with Gasteiger partial charge in [0.05, 0.1) is 11.1 Å². The average Bonchev–Trinajstić information content (AvgIpc) is 2.86. The van der Waals surface area contributed by atoms with Crippen LogP contribution in [0.1, 0.15) is 25.7 Å². The molecule has 1 aliphatic carbocycles. The maximum atomic E-state index is 12.0. The van der Waals surface area contributed by atoms with E-state index in [9.17, 15) is 10.1 Å². The Labute approximate surface area is 222 Å². The summed E-state index contributed by atoms with van der Waals surface area (Å²) in [7, 11) is -0.332. The number of benzene rings is 2. The third kappa shape index (κ3) is 5.49. The lowest BCUT2D eigenvalue weighted by Gasteiger charge is -2.51. The van der Waals surface area contributed by atoms with Crippen LogP contribution in [0.2, 0.25) is 5.02 Å². The summed E-state index contributed by atoms with van der Waals surface area (Å²) in [6.45, 7) is 5.97. The Morgan fingerprint density at radius 2 is 1.89 bits per heavy atom. The number of aromatic nitrogens is 2. The minimum absolute atomic E-state index is 0.0618. The number of nitro groups is 1. The van der Waals surface area contributed by atoms with Crippen molar-refractivity contribution in [2.24, 2.45) is 11.1 Å². The molecule has 1 saturated heterocycles. The molecule has 5 rings (SSSR count). The van der Waals surface area contributed by atoms with Crippen molar-refractivity contribution in [3.63, 3.8) is 0 Å². The first kappa shape index (κ1) is 25.6. The molecule has 0 unspecified atom stereocenters. The topological polar surface area (TPSA) is 122 Å². The minimum Gasteiger partial charge on any atom is -0.366 e. The SMILES string of the molecule is CP(C)c1ccccc1Nc1nc(Nc2ccc(N3CCC4(CC3)CC(N)C4)c([N+](=O)[O-])c2)ncc1Cl. The number of nitrogens with one attached hydrogen (secondary N) is 2. The van der Waals surface area contributed by atoms with Gasteiger partial charge in [-0.25, -0.2) is 4.98 Å². The van der Waals surface area contributed by atoms with Gasteiger partial charge in [0.25, 0.3) is 5.69 Å². The van der Waals surface area contributed by atoms with Crippen LogP contribution in [-0.4, -0.2) is 47.4 Å². The van der Waals surface area contributed by atoms with E-state index in [0.717, 1.165) is 44.5 Å². The van der Waals surface area contributed by atoms with E-state index >= 15 is 0 Å². The number of halogens is 1. The zero-order chi connectivity index (χ0) is 26.2. The summed E-state index contributed by atoms with van der Waals surface area (Å²) in [5.74, 6) is 0.760. The van der Waals surface area contributed by atoms with Crippen LogP contribution in [0, 0.1) is 15.5 Å². The molecule has 0 radical (unpaired) electrons. The number of anilines is 5. The van der Waals surface area contributed by atoms with Crippen LogP contribution in [0.3, 0.4) is 0 Å². The van der Waals surface area contributed by atoms with Crippen molar-refractivity contribution in [3.05, 3.63) is 63.8 Å². The molecule has 37 heavy (non-hydrogen) atoms. The summed E-state index contributed by atoms with van der Waals surface area (Å²) in [6, 6.07) is 13.5. The van der Waals surface area contributed by atoms with Gasteiger partial charge in [0.2, 0.25) is 5.95 Å². The van der Waals surface area contributed by atoms with Gasteiger partial charge in [-0.3, -0.25) is 10.1 Å². The molecule has 1 aromatic heterocycles. The van der Waals surface area contributed by atoms with Crippen LogP contribution >= 0.6 is 19.5 Å². The molecule has 3 aromatic rings. The van der Waals surface area contributed by atoms with Gasteiger partial charge in [-0.1, -0.05) is 37.7 Å². The Morgan fingerprint density at radius 3 is 2.57 bits per heavy atom. The number of hydrogen-bond acceptors (Lipinski definition) is 8. The molecule has 2 fully saturated rings. The van der Waals surface area contributed by atoms with Crippen molar-refractivity contribution in [1.82, 2.24) is 9.97 Å². The number of rotatable bonds is 7. The fraction of sp³-hybridized carbons (Fsp3) is 0.385. The van der Waals surface area contributed by atoms with Crippen LogP contribution in [0.15, 0.2) is 48.7 Å². The highest BCUT2D eigenvalue weighted by Gasteiger charge is 2.44. The van der Waals surface area contributed by atoms with E-state index in [1.54, 1.807) is 12.1 Å². The van der Waals surface area contributed by atoms with E-state index in [4.69, 9.17) is 17.3 Å². The molecule has 194 valence electrons. The molecule has 1 saturated carbocycles. The van der Waals surface area contributed by atoms with Crippen LogP contribution in [0.5, 0.6) is 0 Å². The van der Waals surface area contributed by atoms with E-state index in [0.29, 0.717) is 39.6 Å². The van der Waals surface area contributed by atoms with Gasteiger partial charge >= 0.3 is 0 Å². The van der Waals surface area contributed by atoms with E-state index in [2.05, 4.69) is 44.9 Å². The molecule has 1 aliphatic heterocycles. The van der Waals surface area contributed by atoms with Gasteiger partial charge in [-0.2, -0.15) is 4.98 Å². The van der Waals surface area contributed by atoms with Gasteiger partial charge < -0.3 is 21.3 Å². The molecule has 0 bridgehead atoms. The minimum atomic E-state index is -0.332. The molecule has 2 aromatic carbocycles. The average molecular weight is 540 g/mol. The Kier molecular flexibility index (Phi) is 7.21. The van der Waals surface area contributed by atoms with Crippen LogP contribution in [0.4, 0.5) is 34.5 Å². The van der Waals surface area contributed by atoms with E-state index in [1.807, 2.05) is 24.3 Å². The lowest BCUT2D eigenvalue weighted by Crippen LogP contribution is -2.52. The van der Waals surface area contributed by atoms with Gasteiger partial charge in [0, 0.05) is 36.6 Å². The highest BCUT2D eigenvalue weighted by molar-refractivity contribution is 7.64. The highest BCUT2D eigenvalue weighted by atomic mass is 35.5. The second-order valence-electron chi connectivity index (χ2n) is 10.2. The van der Waals surface area contributed by atoms with E-state index in [1.165, 1.54) is 11.5 Å². The molecule has 2 heterocycles. The molecular weight excluding hydrogens is 509 g/mol. The number of nitrogens with zero attached hydrogens (tertiary/aromatic N) is 4. The van der Waals surface area contributed by atoms with E-state index < -0.39 is 0 Å². The molecule has 11 heteroatoms. The highest BCUT2D eigenvalue weighted by Crippen LogP contribution is 2.49. The lowest BCUT2D eigenvalue weighted by molar-refractivity contribution is -0.384. The summed E-state index contributed by atoms with van der Waals surface area (Å²) in [4.78, 5) is 22.6. The maximum absolute atomic E-state index is 12.0. The third-order valence-corrected chi connectivity index (χ3v) is 9.00. The second kappa shape index (κ2) is 10.4. The summed E-state index contributed by atoms with van der Waals surface area (Å²) in [6.07, 6.45) is 5.68. The molecule has 0 amide bonds. The quantitative estimate of drug-likeness (QED) is 0.201. The summed E-state index contributed by atoms with van der Waals surface area (Å²) < 4.78 is 0. The van der Waals surface area contributed by atoms with Gasteiger partial charge in [-0.15, -0.1) is 0 Å². The third-order valence-electron chi connectivity index (χ3n) is 7.37. The molecule has 4 N–H and O–H groups in total. The molecule has 2 aliphatic rings. The van der Waals surface area contributed by atoms with Crippen LogP contribution < -0.4 is 26.6 Å². The number of piperidine rings is 1. The largest absolute Gasteiger partial charge is 0.366 e. The van der Waals surface area contributed by atoms with Crippen molar-refractivity contribution in [3.8, 4) is 0 Å². The fourth-order valence-corrected chi connectivity index (χ4v) is 6.57. The standard InChI is InChI=1S/C26H31ClN7O2P/c1-37(2)23-6-4-3-5-20(23)31-24-19(27)16-29-25(32-24)30-18-7-8-21(22(13-18)34(35)36)33-11-9-26(10-12-33)14-17(28)15-26/h3-8,13,16-17H,9-12,14-15,28H2,1-2H3,(H2,29,30,31,32). The van der Waals surface area contributed by atoms with Crippen molar-refractivity contribution < 1.29 is 4.92 Å². The molecule has 1 spiro atoms. The fourth-order valence-electron chi connectivity index (χ4n) is 5.44. The molecular formula is C26H31ClN7O2P. The summed E-state index contributed by atoms with van der Waals surface area (Å²) in [5.41, 5.74) is 8.53. The monoisotopic (exact) mass is 539 g/mol. The summed E-state index contributed by atoms with van der Waals surface area (Å²) in [5, 5.41) is 20.0. The lowest BCUT2D eigenvalue weighted by atomic mass is 9.60.